The zero-order valence-electron chi connectivity index (χ0n) is 8.16. The number of hydrogen-bond donors (Lipinski definition) is 2. The lowest BCUT2D eigenvalue weighted by Crippen LogP contribution is -2.35. The average Bonchev–Trinajstić information content (AvgIpc) is 2.61. The van der Waals surface area contributed by atoms with Crippen LogP contribution in [0.3, 0.4) is 0 Å². The van der Waals surface area contributed by atoms with E-state index in [4.69, 9.17) is 5.11 Å². The number of amides is 1. The SMILES string of the molecule is O=C(Cn1ccnc1CO)NCC(F)(F)F. The lowest BCUT2D eigenvalue weighted by Gasteiger charge is -2.09. The number of hydrogen-bond acceptors (Lipinski definition) is 3. The fraction of sp³-hybridized carbons (Fsp3) is 0.500. The van der Waals surface area contributed by atoms with E-state index in [0.717, 1.165) is 0 Å². The van der Waals surface area contributed by atoms with Crippen LogP contribution in [0.2, 0.25) is 0 Å². The van der Waals surface area contributed by atoms with E-state index in [9.17, 15) is 18.0 Å². The van der Waals surface area contributed by atoms with Crippen molar-refractivity contribution in [1.29, 1.82) is 0 Å². The maximum absolute atomic E-state index is 11.8. The van der Waals surface area contributed by atoms with E-state index in [0.29, 0.717) is 0 Å². The second kappa shape index (κ2) is 4.97. The number of nitrogens with zero attached hydrogens (tertiary/aromatic N) is 2. The molecule has 1 rings (SSSR count). The molecule has 0 saturated heterocycles. The Balaban J connectivity index is 2.46. The van der Waals surface area contributed by atoms with Crippen LogP contribution in [-0.2, 0) is 17.9 Å². The fourth-order valence-corrected chi connectivity index (χ4v) is 1.05. The van der Waals surface area contributed by atoms with E-state index in [1.165, 1.54) is 17.0 Å². The second-order valence-electron chi connectivity index (χ2n) is 3.02. The first-order valence-electron chi connectivity index (χ1n) is 4.36. The number of aliphatic hydroxyl groups is 1. The third kappa shape index (κ3) is 3.89. The Hall–Kier alpha value is -1.57. The summed E-state index contributed by atoms with van der Waals surface area (Å²) in [6, 6.07) is 0. The van der Waals surface area contributed by atoms with Gasteiger partial charge >= 0.3 is 6.18 Å². The highest BCUT2D eigenvalue weighted by Gasteiger charge is 2.27. The summed E-state index contributed by atoms with van der Waals surface area (Å²) in [7, 11) is 0. The van der Waals surface area contributed by atoms with Gasteiger partial charge in [0.05, 0.1) is 0 Å². The molecule has 1 aromatic heterocycles. The molecule has 0 aliphatic carbocycles. The molecule has 0 fully saturated rings. The van der Waals surface area contributed by atoms with Gasteiger partial charge in [-0.15, -0.1) is 0 Å². The summed E-state index contributed by atoms with van der Waals surface area (Å²) in [4.78, 5) is 14.8. The Morgan fingerprint density at radius 3 is 2.81 bits per heavy atom. The van der Waals surface area contributed by atoms with Crippen molar-refractivity contribution >= 4 is 5.91 Å². The van der Waals surface area contributed by atoms with Crippen LogP contribution in [0.5, 0.6) is 0 Å². The van der Waals surface area contributed by atoms with Crippen molar-refractivity contribution in [3.63, 3.8) is 0 Å². The van der Waals surface area contributed by atoms with Gasteiger partial charge in [-0.25, -0.2) is 4.98 Å². The van der Waals surface area contributed by atoms with E-state index in [2.05, 4.69) is 4.98 Å². The van der Waals surface area contributed by atoms with Crippen molar-refractivity contribution in [2.45, 2.75) is 19.3 Å². The molecule has 0 aliphatic heterocycles. The van der Waals surface area contributed by atoms with Crippen LogP contribution >= 0.6 is 0 Å². The molecule has 1 heterocycles. The Morgan fingerprint density at radius 2 is 2.25 bits per heavy atom. The second-order valence-corrected chi connectivity index (χ2v) is 3.02. The summed E-state index contributed by atoms with van der Waals surface area (Å²) in [5.74, 6) is -0.563. The molecule has 0 radical (unpaired) electrons. The lowest BCUT2D eigenvalue weighted by molar-refractivity contribution is -0.138. The number of halogens is 3. The molecule has 90 valence electrons. The maximum atomic E-state index is 11.8. The number of imidazole rings is 1. The molecule has 0 unspecified atom stereocenters. The molecule has 0 saturated carbocycles. The first kappa shape index (κ1) is 12.5. The standard InChI is InChI=1S/C8H10F3N3O2/c9-8(10,11)5-13-7(16)3-14-2-1-12-6(14)4-15/h1-2,15H,3-5H2,(H,13,16). The highest BCUT2D eigenvalue weighted by atomic mass is 19.4. The molecule has 0 aromatic carbocycles. The van der Waals surface area contributed by atoms with Crippen LogP contribution in [0, 0.1) is 0 Å². The number of rotatable bonds is 4. The summed E-state index contributed by atoms with van der Waals surface area (Å²) in [6.45, 7) is -2.04. The Bertz CT molecular complexity index is 362. The minimum Gasteiger partial charge on any atom is -0.388 e. The summed E-state index contributed by atoms with van der Waals surface area (Å²) in [5.41, 5.74) is 0. The number of carbonyl (C=O) groups excluding carboxylic acids is 1. The zero-order chi connectivity index (χ0) is 12.2. The normalized spacial score (nSPS) is 11.5. The molecule has 16 heavy (non-hydrogen) atoms. The van der Waals surface area contributed by atoms with Gasteiger partial charge in [0.2, 0.25) is 5.91 Å². The minimum atomic E-state index is -4.43. The Labute approximate surface area is 88.9 Å². The van der Waals surface area contributed by atoms with Crippen LogP contribution in [0.25, 0.3) is 0 Å². The average molecular weight is 237 g/mol. The van der Waals surface area contributed by atoms with Gasteiger partial charge in [-0.3, -0.25) is 4.79 Å². The van der Waals surface area contributed by atoms with Crippen LogP contribution < -0.4 is 5.32 Å². The predicted octanol–water partition coefficient (Wildman–Crippen LogP) is 0.0539. The predicted molar refractivity (Wildman–Crippen MR) is 47.2 cm³/mol. The molecule has 0 spiro atoms. The minimum absolute atomic E-state index is 0.224. The van der Waals surface area contributed by atoms with Crippen LogP contribution in [0.15, 0.2) is 12.4 Å². The molecule has 5 nitrogen and oxygen atoms in total. The Kier molecular flexibility index (Phi) is 3.88. The van der Waals surface area contributed by atoms with E-state index in [1.54, 1.807) is 5.32 Å². The summed E-state index contributed by atoms with van der Waals surface area (Å²) < 4.78 is 36.6. The van der Waals surface area contributed by atoms with Crippen molar-refractivity contribution in [1.82, 2.24) is 14.9 Å². The first-order chi connectivity index (χ1) is 7.42. The van der Waals surface area contributed by atoms with Crippen molar-refractivity contribution in [3.8, 4) is 0 Å². The zero-order valence-corrected chi connectivity index (χ0v) is 8.16. The number of aliphatic hydroxyl groups excluding tert-OH is 1. The van der Waals surface area contributed by atoms with E-state index in [-0.39, 0.29) is 19.0 Å². The molecule has 8 heteroatoms. The van der Waals surface area contributed by atoms with Crippen molar-refractivity contribution in [2.24, 2.45) is 0 Å². The molecule has 0 aliphatic rings. The van der Waals surface area contributed by atoms with E-state index in [1.807, 2.05) is 0 Å². The van der Waals surface area contributed by atoms with E-state index < -0.39 is 18.6 Å². The van der Waals surface area contributed by atoms with Crippen molar-refractivity contribution in [2.75, 3.05) is 6.54 Å². The van der Waals surface area contributed by atoms with Crippen LogP contribution in [0.4, 0.5) is 13.2 Å². The summed E-state index contributed by atoms with van der Waals surface area (Å²) in [5, 5.41) is 10.5. The molecule has 1 aromatic rings. The molecular weight excluding hydrogens is 227 g/mol. The fourth-order valence-electron chi connectivity index (χ4n) is 1.05. The van der Waals surface area contributed by atoms with Crippen LogP contribution in [0.1, 0.15) is 5.82 Å². The third-order valence-electron chi connectivity index (χ3n) is 1.74. The summed E-state index contributed by atoms with van der Waals surface area (Å²) >= 11 is 0. The van der Waals surface area contributed by atoms with Gasteiger partial charge in [0.25, 0.3) is 0 Å². The third-order valence-corrected chi connectivity index (χ3v) is 1.74. The molecule has 0 bridgehead atoms. The largest absolute Gasteiger partial charge is 0.405 e. The van der Waals surface area contributed by atoms with Gasteiger partial charge in [0, 0.05) is 12.4 Å². The monoisotopic (exact) mass is 237 g/mol. The van der Waals surface area contributed by atoms with Gasteiger partial charge in [-0.1, -0.05) is 0 Å². The van der Waals surface area contributed by atoms with Gasteiger partial charge in [-0.2, -0.15) is 13.2 Å². The van der Waals surface area contributed by atoms with Crippen molar-refractivity contribution in [3.05, 3.63) is 18.2 Å². The molecule has 1 amide bonds. The van der Waals surface area contributed by atoms with Gasteiger partial charge in [-0.05, 0) is 0 Å². The van der Waals surface area contributed by atoms with Gasteiger partial charge in [0.15, 0.2) is 0 Å². The smallest absolute Gasteiger partial charge is 0.388 e. The molecule has 0 atom stereocenters. The Morgan fingerprint density at radius 1 is 1.56 bits per heavy atom. The first-order valence-corrected chi connectivity index (χ1v) is 4.36. The van der Waals surface area contributed by atoms with Crippen LogP contribution in [-0.4, -0.2) is 33.3 Å². The topological polar surface area (TPSA) is 67.2 Å². The quantitative estimate of drug-likeness (QED) is 0.777. The van der Waals surface area contributed by atoms with E-state index >= 15 is 0 Å². The number of carbonyl (C=O) groups is 1. The number of aromatic nitrogens is 2. The highest BCUT2D eigenvalue weighted by Crippen LogP contribution is 2.12. The maximum Gasteiger partial charge on any atom is 0.405 e. The molecular formula is C8H10F3N3O2. The number of alkyl halides is 3. The van der Waals surface area contributed by atoms with Gasteiger partial charge in [0.1, 0.15) is 25.5 Å². The number of nitrogens with one attached hydrogen (secondary N) is 1. The van der Waals surface area contributed by atoms with Gasteiger partial charge < -0.3 is 15.0 Å². The van der Waals surface area contributed by atoms with Crippen molar-refractivity contribution < 1.29 is 23.1 Å². The molecule has 2 N–H and O–H groups in total. The highest BCUT2D eigenvalue weighted by molar-refractivity contribution is 5.75. The summed E-state index contributed by atoms with van der Waals surface area (Å²) in [6.07, 6.45) is -1.67. The lowest BCUT2D eigenvalue weighted by atomic mass is 10.5.